The molecule has 6 nitrogen and oxygen atoms in total. The summed E-state index contributed by atoms with van der Waals surface area (Å²) < 4.78 is 1.80. The summed E-state index contributed by atoms with van der Waals surface area (Å²) in [6.07, 6.45) is 8.40. The molecule has 0 atom stereocenters. The van der Waals surface area contributed by atoms with E-state index in [1.165, 1.54) is 0 Å². The van der Waals surface area contributed by atoms with Gasteiger partial charge in [-0.3, -0.25) is 9.78 Å². The lowest BCUT2D eigenvalue weighted by molar-refractivity contribution is 0.0981. The summed E-state index contributed by atoms with van der Waals surface area (Å²) in [5.74, 6) is 1.23. The number of benzene rings is 1. The van der Waals surface area contributed by atoms with Crippen LogP contribution in [0.3, 0.4) is 0 Å². The summed E-state index contributed by atoms with van der Waals surface area (Å²) in [6.45, 7) is 5.01. The van der Waals surface area contributed by atoms with Crippen LogP contribution in [0.15, 0.2) is 42.7 Å². The van der Waals surface area contributed by atoms with E-state index in [2.05, 4.69) is 41.4 Å². The summed E-state index contributed by atoms with van der Waals surface area (Å²) in [5.41, 5.74) is 5.33. The lowest BCUT2D eigenvalue weighted by atomic mass is 9.89. The SMILES string of the molecule is CCCC(CCC)c1nc2c(-c3cnc4ccccc4c3)cnn2c2c1C(=O)CCN2. The van der Waals surface area contributed by atoms with Crippen LogP contribution < -0.4 is 5.32 Å². The van der Waals surface area contributed by atoms with E-state index in [4.69, 9.17) is 4.98 Å². The molecule has 1 aliphatic heterocycles. The van der Waals surface area contributed by atoms with Crippen LogP contribution >= 0.6 is 0 Å². The number of nitrogens with zero attached hydrogens (tertiary/aromatic N) is 4. The fourth-order valence-corrected chi connectivity index (χ4v) is 4.70. The van der Waals surface area contributed by atoms with Gasteiger partial charge in [-0.1, -0.05) is 44.9 Å². The topological polar surface area (TPSA) is 72.2 Å². The maximum atomic E-state index is 13.0. The van der Waals surface area contributed by atoms with Crippen molar-refractivity contribution in [2.75, 3.05) is 11.9 Å². The number of Topliss-reactive ketones (excluding diaryl/α,β-unsaturated/α-hetero) is 1. The highest BCUT2D eigenvalue weighted by Gasteiger charge is 2.29. The molecule has 1 aromatic carbocycles. The third-order valence-electron chi connectivity index (χ3n) is 6.16. The fourth-order valence-electron chi connectivity index (χ4n) is 4.70. The Morgan fingerprint density at radius 1 is 1.13 bits per heavy atom. The van der Waals surface area contributed by atoms with E-state index < -0.39 is 0 Å². The molecular formula is C25H27N5O. The Morgan fingerprint density at radius 3 is 2.74 bits per heavy atom. The standard InChI is InChI=1S/C25H27N5O/c1-3-7-16(8-4-2)23-22-21(31)11-12-26-25(22)30-24(29-23)19(15-28-30)18-13-17-9-5-6-10-20(17)27-14-18/h5-6,9-10,13-16,26H,3-4,7-8,11-12H2,1-2H3. The molecule has 4 aromatic rings. The van der Waals surface area contributed by atoms with Crippen LogP contribution in [0, 0.1) is 0 Å². The van der Waals surface area contributed by atoms with Gasteiger partial charge in [0.05, 0.1) is 23.0 Å². The second kappa shape index (κ2) is 8.10. The average Bonchev–Trinajstić information content (AvgIpc) is 3.22. The molecule has 31 heavy (non-hydrogen) atoms. The van der Waals surface area contributed by atoms with Crippen LogP contribution in [0.2, 0.25) is 0 Å². The van der Waals surface area contributed by atoms with Gasteiger partial charge in [0, 0.05) is 41.6 Å². The van der Waals surface area contributed by atoms with Gasteiger partial charge >= 0.3 is 0 Å². The molecule has 0 fully saturated rings. The molecule has 3 aromatic heterocycles. The third-order valence-corrected chi connectivity index (χ3v) is 6.16. The number of hydrogen-bond acceptors (Lipinski definition) is 5. The molecule has 0 radical (unpaired) electrons. The summed E-state index contributed by atoms with van der Waals surface area (Å²) in [7, 11) is 0. The van der Waals surface area contributed by atoms with Crippen LogP contribution in [-0.2, 0) is 0 Å². The van der Waals surface area contributed by atoms with Crippen molar-refractivity contribution < 1.29 is 4.79 Å². The minimum atomic E-state index is 0.166. The molecule has 1 aliphatic rings. The maximum absolute atomic E-state index is 13.0. The quantitative estimate of drug-likeness (QED) is 0.444. The molecule has 0 spiro atoms. The Bertz CT molecular complexity index is 1270. The minimum Gasteiger partial charge on any atom is -0.369 e. The van der Waals surface area contributed by atoms with E-state index >= 15 is 0 Å². The average molecular weight is 414 g/mol. The zero-order valence-electron chi connectivity index (χ0n) is 18.1. The highest BCUT2D eigenvalue weighted by atomic mass is 16.1. The zero-order chi connectivity index (χ0) is 21.4. The molecular weight excluding hydrogens is 386 g/mol. The number of aromatic nitrogens is 4. The summed E-state index contributed by atoms with van der Waals surface area (Å²) in [4.78, 5) is 22.7. The Labute approximate surface area is 181 Å². The van der Waals surface area contributed by atoms with Gasteiger partial charge in [-0.25, -0.2) is 4.98 Å². The Hall–Kier alpha value is -3.28. The van der Waals surface area contributed by atoms with Crippen molar-refractivity contribution in [1.82, 2.24) is 19.6 Å². The first-order valence-electron chi connectivity index (χ1n) is 11.2. The molecule has 0 bridgehead atoms. The first kappa shape index (κ1) is 19.7. The highest BCUT2D eigenvalue weighted by molar-refractivity contribution is 6.04. The molecule has 0 amide bonds. The zero-order valence-corrected chi connectivity index (χ0v) is 18.1. The number of nitrogens with one attached hydrogen (secondary N) is 1. The first-order valence-corrected chi connectivity index (χ1v) is 11.2. The van der Waals surface area contributed by atoms with Crippen molar-refractivity contribution in [2.45, 2.75) is 51.9 Å². The van der Waals surface area contributed by atoms with Gasteiger partial charge < -0.3 is 5.32 Å². The van der Waals surface area contributed by atoms with E-state index in [0.717, 1.165) is 70.4 Å². The van der Waals surface area contributed by atoms with Gasteiger partial charge in [-0.15, -0.1) is 0 Å². The predicted octanol–water partition coefficient (Wildman–Crippen LogP) is 5.63. The number of ketones is 1. The number of para-hydroxylation sites is 1. The van der Waals surface area contributed by atoms with Crippen LogP contribution in [0.25, 0.3) is 27.7 Å². The van der Waals surface area contributed by atoms with E-state index in [1.54, 1.807) is 4.52 Å². The van der Waals surface area contributed by atoms with Crippen molar-refractivity contribution in [2.24, 2.45) is 0 Å². The summed E-state index contributed by atoms with van der Waals surface area (Å²) in [6, 6.07) is 10.2. The molecule has 0 aliphatic carbocycles. The van der Waals surface area contributed by atoms with Crippen molar-refractivity contribution in [3.63, 3.8) is 0 Å². The minimum absolute atomic E-state index is 0.166. The normalized spacial score (nSPS) is 13.7. The van der Waals surface area contributed by atoms with E-state index in [-0.39, 0.29) is 11.7 Å². The largest absolute Gasteiger partial charge is 0.369 e. The smallest absolute Gasteiger partial charge is 0.170 e. The predicted molar refractivity (Wildman–Crippen MR) is 124 cm³/mol. The molecule has 0 saturated heterocycles. The van der Waals surface area contributed by atoms with Gasteiger partial charge in [0.15, 0.2) is 11.4 Å². The lowest BCUT2D eigenvalue weighted by Gasteiger charge is -2.24. The van der Waals surface area contributed by atoms with Gasteiger partial charge in [-0.2, -0.15) is 9.61 Å². The fraction of sp³-hybridized carbons (Fsp3) is 0.360. The number of fused-ring (bicyclic) bond motifs is 4. The first-order chi connectivity index (χ1) is 15.2. The van der Waals surface area contributed by atoms with Crippen LogP contribution in [-0.4, -0.2) is 31.9 Å². The Balaban J connectivity index is 1.74. The number of pyridine rings is 1. The Kier molecular flexibility index (Phi) is 5.14. The molecule has 6 heteroatoms. The molecule has 4 heterocycles. The molecule has 0 saturated carbocycles. The van der Waals surface area contributed by atoms with Gasteiger partial charge in [0.2, 0.25) is 0 Å². The molecule has 5 rings (SSSR count). The molecule has 0 unspecified atom stereocenters. The summed E-state index contributed by atoms with van der Waals surface area (Å²) >= 11 is 0. The van der Waals surface area contributed by atoms with E-state index in [0.29, 0.717) is 13.0 Å². The number of rotatable bonds is 6. The highest BCUT2D eigenvalue weighted by Crippen LogP contribution is 2.36. The second-order valence-electron chi connectivity index (χ2n) is 8.31. The lowest BCUT2D eigenvalue weighted by Crippen LogP contribution is -2.25. The molecule has 158 valence electrons. The monoisotopic (exact) mass is 413 g/mol. The van der Waals surface area contributed by atoms with Crippen molar-refractivity contribution in [3.05, 3.63) is 54.0 Å². The summed E-state index contributed by atoms with van der Waals surface area (Å²) in [5, 5.41) is 9.14. The van der Waals surface area contributed by atoms with Crippen LogP contribution in [0.5, 0.6) is 0 Å². The van der Waals surface area contributed by atoms with Gasteiger partial charge in [0.1, 0.15) is 5.82 Å². The molecule has 1 N–H and O–H groups in total. The van der Waals surface area contributed by atoms with E-state index in [1.807, 2.05) is 30.6 Å². The van der Waals surface area contributed by atoms with Crippen molar-refractivity contribution in [1.29, 1.82) is 0 Å². The number of hydrogen-bond donors (Lipinski definition) is 1. The van der Waals surface area contributed by atoms with Crippen molar-refractivity contribution in [3.8, 4) is 11.1 Å². The van der Waals surface area contributed by atoms with Gasteiger partial charge in [0.25, 0.3) is 0 Å². The van der Waals surface area contributed by atoms with Crippen LogP contribution in [0.1, 0.15) is 67.9 Å². The van der Waals surface area contributed by atoms with E-state index in [9.17, 15) is 4.79 Å². The number of carbonyl (C=O) groups is 1. The van der Waals surface area contributed by atoms with Gasteiger partial charge in [-0.05, 0) is 25.0 Å². The maximum Gasteiger partial charge on any atom is 0.170 e. The number of anilines is 1. The third kappa shape index (κ3) is 3.36. The Morgan fingerprint density at radius 2 is 1.94 bits per heavy atom. The van der Waals surface area contributed by atoms with Crippen molar-refractivity contribution >= 4 is 28.2 Å². The van der Waals surface area contributed by atoms with Crippen LogP contribution in [0.4, 0.5) is 5.82 Å². The number of carbonyl (C=O) groups excluding carboxylic acids is 1. The second-order valence-corrected chi connectivity index (χ2v) is 8.31.